The zero-order chi connectivity index (χ0) is 17.6. The molecule has 3 atom stereocenters. The number of sulfonamides is 1. The molecule has 0 spiro atoms. The van der Waals surface area contributed by atoms with E-state index in [1.807, 2.05) is 13.0 Å². The summed E-state index contributed by atoms with van der Waals surface area (Å²) in [5.41, 5.74) is 2.10. The highest BCUT2D eigenvalue weighted by Crippen LogP contribution is 2.44. The number of carbonyl (C=O) groups excluding carboxylic acids is 1. The van der Waals surface area contributed by atoms with E-state index >= 15 is 0 Å². The number of rotatable bonds is 3. The van der Waals surface area contributed by atoms with Crippen molar-refractivity contribution in [2.75, 3.05) is 16.6 Å². The maximum Gasteiger partial charge on any atom is 0.251 e. The summed E-state index contributed by atoms with van der Waals surface area (Å²) in [4.78, 5) is 12.7. The maximum atomic E-state index is 12.7. The predicted octanol–water partition coefficient (Wildman–Crippen LogP) is 2.84. The van der Waals surface area contributed by atoms with Crippen LogP contribution in [0.3, 0.4) is 0 Å². The quantitative estimate of drug-likeness (QED) is 0.899. The smallest absolute Gasteiger partial charge is 0.251 e. The number of hydrogen-bond donors (Lipinski definition) is 1. The molecule has 1 saturated heterocycles. The van der Waals surface area contributed by atoms with Crippen molar-refractivity contribution in [3.63, 3.8) is 0 Å². The van der Waals surface area contributed by atoms with Gasteiger partial charge in [-0.05, 0) is 68.6 Å². The Morgan fingerprint density at radius 2 is 2.04 bits per heavy atom. The van der Waals surface area contributed by atoms with E-state index in [1.54, 1.807) is 12.1 Å². The Kier molecular flexibility index (Phi) is 4.26. The van der Waals surface area contributed by atoms with E-state index in [0.29, 0.717) is 30.1 Å². The summed E-state index contributed by atoms with van der Waals surface area (Å²) in [6, 6.07) is 5.70. The van der Waals surface area contributed by atoms with Gasteiger partial charge in [0.2, 0.25) is 10.0 Å². The number of amides is 1. The van der Waals surface area contributed by atoms with Crippen molar-refractivity contribution < 1.29 is 13.2 Å². The van der Waals surface area contributed by atoms with Gasteiger partial charge in [0.25, 0.3) is 5.91 Å². The summed E-state index contributed by atoms with van der Waals surface area (Å²) < 4.78 is 26.3. The number of aryl methyl sites for hydroxylation is 1. The van der Waals surface area contributed by atoms with Crippen LogP contribution in [0.5, 0.6) is 0 Å². The third-order valence-corrected chi connectivity index (χ3v) is 8.00. The van der Waals surface area contributed by atoms with Crippen LogP contribution in [0.1, 0.15) is 54.4 Å². The highest BCUT2D eigenvalue weighted by Gasteiger charge is 2.40. The molecule has 2 saturated carbocycles. The Balaban J connectivity index is 1.55. The topological polar surface area (TPSA) is 66.5 Å². The van der Waals surface area contributed by atoms with E-state index < -0.39 is 10.0 Å². The van der Waals surface area contributed by atoms with Gasteiger partial charge in [0.1, 0.15) is 0 Å². The molecule has 0 unspecified atom stereocenters. The Morgan fingerprint density at radius 1 is 1.20 bits per heavy atom. The van der Waals surface area contributed by atoms with E-state index in [0.717, 1.165) is 24.3 Å². The molecule has 0 aromatic heterocycles. The maximum absolute atomic E-state index is 12.7. The lowest BCUT2D eigenvalue weighted by atomic mass is 9.95. The van der Waals surface area contributed by atoms with Crippen molar-refractivity contribution in [2.24, 2.45) is 11.8 Å². The van der Waals surface area contributed by atoms with E-state index in [9.17, 15) is 13.2 Å². The summed E-state index contributed by atoms with van der Waals surface area (Å²) in [7, 11) is -3.27. The van der Waals surface area contributed by atoms with Crippen LogP contribution >= 0.6 is 0 Å². The largest absolute Gasteiger partial charge is 0.349 e. The van der Waals surface area contributed by atoms with Crippen molar-refractivity contribution in [1.29, 1.82) is 0 Å². The first-order valence-electron chi connectivity index (χ1n) is 9.36. The average molecular weight is 362 g/mol. The molecule has 5 nitrogen and oxygen atoms in total. The molecule has 25 heavy (non-hydrogen) atoms. The molecular formula is C19H26N2O3S. The van der Waals surface area contributed by atoms with Crippen LogP contribution < -0.4 is 9.62 Å². The molecule has 1 N–H and O–H groups in total. The molecule has 2 aliphatic carbocycles. The summed E-state index contributed by atoms with van der Waals surface area (Å²) >= 11 is 0. The first-order valence-corrected chi connectivity index (χ1v) is 11.0. The molecule has 1 aromatic carbocycles. The van der Waals surface area contributed by atoms with E-state index in [1.165, 1.54) is 23.6 Å². The van der Waals surface area contributed by atoms with Crippen LogP contribution in [0.15, 0.2) is 18.2 Å². The minimum atomic E-state index is -3.27. The standard InChI is InChI=1S/C19H26N2O3S/c1-13-4-6-16(12-18(13)21-8-2-3-9-25(21,23)24)19(22)20-17-11-14-5-7-15(17)10-14/h4,6,12,14-15,17H,2-3,5,7-11H2,1H3,(H,20,22)/t14-,15-,17+/m1/s1. The molecule has 3 fully saturated rings. The van der Waals surface area contributed by atoms with Gasteiger partial charge in [-0.2, -0.15) is 0 Å². The minimum absolute atomic E-state index is 0.0757. The van der Waals surface area contributed by atoms with Crippen molar-refractivity contribution >= 4 is 21.6 Å². The number of nitrogens with zero attached hydrogens (tertiary/aromatic N) is 1. The number of carbonyl (C=O) groups is 1. The number of hydrogen-bond acceptors (Lipinski definition) is 3. The lowest BCUT2D eigenvalue weighted by molar-refractivity contribution is 0.0923. The van der Waals surface area contributed by atoms with Crippen LogP contribution in [0.4, 0.5) is 5.69 Å². The molecule has 136 valence electrons. The zero-order valence-corrected chi connectivity index (χ0v) is 15.5. The predicted molar refractivity (Wildman–Crippen MR) is 98.2 cm³/mol. The first kappa shape index (κ1) is 16.9. The molecule has 3 aliphatic rings. The molecular weight excluding hydrogens is 336 g/mol. The van der Waals surface area contributed by atoms with Gasteiger partial charge >= 0.3 is 0 Å². The fourth-order valence-corrected chi connectivity index (χ4v) is 6.44. The van der Waals surface area contributed by atoms with Crippen LogP contribution in [0.25, 0.3) is 0 Å². The van der Waals surface area contributed by atoms with Gasteiger partial charge in [-0.1, -0.05) is 12.5 Å². The SMILES string of the molecule is Cc1ccc(C(=O)N[C@H]2C[C@@H]3CC[C@@H]2C3)cc1N1CCCCS1(=O)=O. The molecule has 1 aromatic rings. The fourth-order valence-electron chi connectivity index (χ4n) is 4.75. The van der Waals surface area contributed by atoms with E-state index in [4.69, 9.17) is 0 Å². The van der Waals surface area contributed by atoms with Crippen LogP contribution in [0, 0.1) is 18.8 Å². The van der Waals surface area contributed by atoms with Crippen LogP contribution in [0.2, 0.25) is 0 Å². The summed E-state index contributed by atoms with van der Waals surface area (Å²) in [6.45, 7) is 2.40. The van der Waals surface area contributed by atoms with Gasteiger partial charge in [0.05, 0.1) is 11.4 Å². The highest BCUT2D eigenvalue weighted by atomic mass is 32.2. The molecule has 2 bridgehead atoms. The Bertz CT molecular complexity index is 790. The highest BCUT2D eigenvalue weighted by molar-refractivity contribution is 7.92. The second-order valence-electron chi connectivity index (χ2n) is 7.85. The second kappa shape index (κ2) is 6.31. The van der Waals surface area contributed by atoms with Crippen molar-refractivity contribution in [3.05, 3.63) is 29.3 Å². The monoisotopic (exact) mass is 362 g/mol. The van der Waals surface area contributed by atoms with Gasteiger partial charge in [-0.25, -0.2) is 8.42 Å². The second-order valence-corrected chi connectivity index (χ2v) is 9.86. The van der Waals surface area contributed by atoms with Crippen molar-refractivity contribution in [3.8, 4) is 0 Å². The third kappa shape index (κ3) is 3.16. The number of benzene rings is 1. The molecule has 1 amide bonds. The third-order valence-electron chi connectivity index (χ3n) is 6.14. The van der Waals surface area contributed by atoms with E-state index in [-0.39, 0.29) is 17.7 Å². The Hall–Kier alpha value is -1.56. The van der Waals surface area contributed by atoms with Gasteiger partial charge < -0.3 is 5.32 Å². The Morgan fingerprint density at radius 3 is 2.72 bits per heavy atom. The minimum Gasteiger partial charge on any atom is -0.349 e. The summed E-state index contributed by atoms with van der Waals surface area (Å²) in [5.74, 6) is 1.52. The van der Waals surface area contributed by atoms with Gasteiger partial charge in [-0.3, -0.25) is 9.10 Å². The molecule has 4 rings (SSSR count). The number of fused-ring (bicyclic) bond motifs is 2. The summed E-state index contributed by atoms with van der Waals surface area (Å²) in [5, 5.41) is 3.19. The fraction of sp³-hybridized carbons (Fsp3) is 0.632. The number of nitrogens with one attached hydrogen (secondary N) is 1. The van der Waals surface area contributed by atoms with Gasteiger partial charge in [0, 0.05) is 18.2 Å². The van der Waals surface area contributed by atoms with Crippen LogP contribution in [-0.2, 0) is 10.0 Å². The van der Waals surface area contributed by atoms with Crippen molar-refractivity contribution in [1.82, 2.24) is 5.32 Å². The van der Waals surface area contributed by atoms with E-state index in [2.05, 4.69) is 5.32 Å². The Labute approximate surface area is 149 Å². The normalized spacial score (nSPS) is 30.4. The lowest BCUT2D eigenvalue weighted by Crippen LogP contribution is -2.39. The van der Waals surface area contributed by atoms with Gasteiger partial charge in [0.15, 0.2) is 0 Å². The van der Waals surface area contributed by atoms with Crippen LogP contribution in [-0.4, -0.2) is 32.7 Å². The zero-order valence-electron chi connectivity index (χ0n) is 14.7. The van der Waals surface area contributed by atoms with Gasteiger partial charge in [-0.15, -0.1) is 0 Å². The lowest BCUT2D eigenvalue weighted by Gasteiger charge is -2.30. The number of anilines is 1. The molecule has 1 aliphatic heterocycles. The average Bonchev–Trinajstić information content (AvgIpc) is 3.18. The molecule has 1 heterocycles. The first-order chi connectivity index (χ1) is 11.9. The molecule has 6 heteroatoms. The summed E-state index contributed by atoms with van der Waals surface area (Å²) in [6.07, 6.45) is 6.44. The van der Waals surface area contributed by atoms with Crippen molar-refractivity contribution in [2.45, 2.75) is 51.5 Å². The molecule has 0 radical (unpaired) electrons.